The number of piperidine rings is 1. The molecule has 3 heterocycles. The van der Waals surface area contributed by atoms with Gasteiger partial charge in [-0.15, -0.1) is 0 Å². The van der Waals surface area contributed by atoms with Gasteiger partial charge in [-0.1, -0.05) is 6.85 Å². The Kier molecular flexibility index (Phi) is 2.15. The molecule has 0 aromatic carbocycles. The number of carbonyl (C=O) groups is 1. The Morgan fingerprint density at radius 3 is 3.33 bits per heavy atom. The van der Waals surface area contributed by atoms with Gasteiger partial charge in [-0.2, -0.15) is 0 Å². The van der Waals surface area contributed by atoms with Crippen LogP contribution in [0, 0.1) is 19.4 Å². The Balaban J connectivity index is 2.23. The number of likely N-dealkylation sites (tertiary alicyclic amines) is 1. The van der Waals surface area contributed by atoms with Gasteiger partial charge in [0, 0.05) is 34.0 Å². The minimum atomic E-state index is -3.01. The lowest BCUT2D eigenvalue weighted by atomic mass is 9.92. The van der Waals surface area contributed by atoms with Gasteiger partial charge >= 0.3 is 5.91 Å². The topological polar surface area (TPSA) is 69.5 Å². The molecule has 1 amide bonds. The van der Waals surface area contributed by atoms with Crippen molar-refractivity contribution in [2.24, 2.45) is 5.92 Å². The van der Waals surface area contributed by atoms with Crippen molar-refractivity contribution in [2.75, 3.05) is 31.5 Å². The number of nitrogens with one attached hydrogen (secondary N) is 1. The van der Waals surface area contributed by atoms with E-state index in [1.807, 2.05) is 0 Å². The number of aromatic nitrogens is 3. The molecule has 2 aromatic heterocycles. The molecule has 1 fully saturated rings. The van der Waals surface area contributed by atoms with Crippen molar-refractivity contribution < 1.29 is 18.5 Å². The molecule has 7 heteroatoms. The molecule has 7 nitrogen and oxygen atoms in total. The molecule has 0 saturated carbocycles. The summed E-state index contributed by atoms with van der Waals surface area (Å²) in [4.78, 5) is 27.6. The van der Waals surface area contributed by atoms with Gasteiger partial charge in [0.1, 0.15) is 21.9 Å². The SMILES string of the molecule is [2H]c1nc(N([C@H]2CN(C(=O)C([2H])([2H])[N+]#[C-])CC[C@H]2C([2H])([2H])[2H])C([2H])([2H])[2H])c2c([2H])c(C)[nH]c2n1. The maximum absolute atomic E-state index is 12.6. The summed E-state index contributed by atoms with van der Waals surface area (Å²) in [6, 6.07) is -1.54. The Morgan fingerprint density at radius 2 is 2.58 bits per heavy atom. The van der Waals surface area contributed by atoms with Gasteiger partial charge in [-0.05, 0) is 25.3 Å². The Hall–Kier alpha value is -2.62. The fourth-order valence-corrected chi connectivity index (χ4v) is 2.77. The Morgan fingerprint density at radius 1 is 1.71 bits per heavy atom. The Labute approximate surface area is 155 Å². The van der Waals surface area contributed by atoms with Crippen LogP contribution < -0.4 is 4.90 Å². The van der Waals surface area contributed by atoms with Gasteiger partial charge in [-0.3, -0.25) is 4.79 Å². The lowest BCUT2D eigenvalue weighted by Gasteiger charge is -2.41. The van der Waals surface area contributed by atoms with Crippen molar-refractivity contribution in [1.82, 2.24) is 19.9 Å². The quantitative estimate of drug-likeness (QED) is 0.869. The number of hydrogen-bond acceptors (Lipinski definition) is 4. The predicted molar refractivity (Wildman–Crippen MR) is 92.6 cm³/mol. The molecule has 1 aliphatic rings. The van der Waals surface area contributed by atoms with E-state index >= 15 is 0 Å². The highest BCUT2D eigenvalue weighted by atomic mass is 16.2. The number of fused-ring (bicyclic) bond motifs is 1. The fraction of sp³-hybridized carbons (Fsp3) is 0.529. The van der Waals surface area contributed by atoms with Crippen molar-refractivity contribution in [1.29, 1.82) is 0 Å². The second kappa shape index (κ2) is 6.48. The third-order valence-corrected chi connectivity index (χ3v) is 3.98. The molecule has 0 spiro atoms. The molecule has 1 saturated heterocycles. The number of carbonyl (C=O) groups excluding carboxylic acids is 1. The van der Waals surface area contributed by atoms with Crippen LogP contribution in [0.3, 0.4) is 0 Å². The number of rotatable bonds is 3. The molecule has 2 aromatic rings. The molecule has 24 heavy (non-hydrogen) atoms. The van der Waals surface area contributed by atoms with E-state index in [1.54, 1.807) is 6.92 Å². The van der Waals surface area contributed by atoms with E-state index in [-0.39, 0.29) is 35.9 Å². The number of H-pyrrole nitrogens is 1. The van der Waals surface area contributed by atoms with Gasteiger partial charge in [0.2, 0.25) is 0 Å². The van der Waals surface area contributed by atoms with Crippen LogP contribution in [0.1, 0.15) is 32.7 Å². The molecular weight excluding hydrogens is 304 g/mol. The van der Waals surface area contributed by atoms with Gasteiger partial charge in [0.05, 0.1) is 12.8 Å². The maximum atomic E-state index is 12.6. The summed E-state index contributed by atoms with van der Waals surface area (Å²) >= 11 is 0. The molecule has 1 aliphatic heterocycles. The molecule has 0 aliphatic carbocycles. The van der Waals surface area contributed by atoms with Crippen molar-refractivity contribution in [2.45, 2.75) is 26.2 Å². The zero-order valence-corrected chi connectivity index (χ0v) is 12.9. The lowest BCUT2D eigenvalue weighted by Crippen LogP contribution is -2.53. The van der Waals surface area contributed by atoms with Crippen LogP contribution in [-0.4, -0.2) is 58.4 Å². The van der Waals surface area contributed by atoms with E-state index < -0.39 is 51.0 Å². The summed E-state index contributed by atoms with van der Waals surface area (Å²) in [6.45, 7) is -0.739. The van der Waals surface area contributed by atoms with Crippen molar-refractivity contribution in [3.05, 3.63) is 29.5 Å². The summed E-state index contributed by atoms with van der Waals surface area (Å²) in [5.41, 5.74) is 0.366. The number of hydrogen-bond donors (Lipinski definition) is 1. The zero-order chi connectivity index (χ0) is 25.8. The summed E-state index contributed by atoms with van der Waals surface area (Å²) in [5, 5.41) is -0.0196. The molecule has 2 atom stereocenters. The third kappa shape index (κ3) is 2.92. The minimum absolute atomic E-state index is 0.0196. The van der Waals surface area contributed by atoms with Crippen LogP contribution in [-0.2, 0) is 4.79 Å². The summed E-state index contributed by atoms with van der Waals surface area (Å²) in [6.07, 6.45) is -0.744. The van der Waals surface area contributed by atoms with Gasteiger partial charge in [0.15, 0.2) is 0 Å². The van der Waals surface area contributed by atoms with Crippen LogP contribution in [0.5, 0.6) is 0 Å². The average Bonchev–Trinajstić information content (AvgIpc) is 2.98. The summed E-state index contributed by atoms with van der Waals surface area (Å²) in [7, 11) is 0. The summed E-state index contributed by atoms with van der Waals surface area (Å²) < 4.78 is 80.0. The van der Waals surface area contributed by atoms with Crippen LogP contribution in [0.4, 0.5) is 5.82 Å². The van der Waals surface area contributed by atoms with Crippen LogP contribution in [0.2, 0.25) is 0 Å². The zero-order valence-electron chi connectivity index (χ0n) is 22.9. The van der Waals surface area contributed by atoms with Gasteiger partial charge < -0.3 is 19.6 Å². The van der Waals surface area contributed by atoms with E-state index in [2.05, 4.69) is 19.8 Å². The molecule has 0 radical (unpaired) electrons. The molecule has 3 rings (SSSR count). The molecule has 1 N–H and O–H groups in total. The van der Waals surface area contributed by atoms with Crippen LogP contribution in [0.25, 0.3) is 15.9 Å². The van der Waals surface area contributed by atoms with Gasteiger partial charge in [-0.25, -0.2) is 16.5 Å². The van der Waals surface area contributed by atoms with E-state index in [1.165, 1.54) is 0 Å². The second-order valence-electron chi connectivity index (χ2n) is 5.55. The first-order chi connectivity index (χ1) is 15.5. The first-order valence-electron chi connectivity index (χ1n) is 12.3. The standard InChI is InChI=1S/C17H22N6O/c1-11-5-6-23(15(24)8-18-3)9-14(11)22(4)17-13-7-12(2)21-16(13)19-10-20-17/h7,10-11,14H,5-6,8-9H2,1-2,4H3,(H,19,20,21)/t11-,14+/m1/s1/i1D3,4D3,7D,8D2,10D. The molecule has 0 unspecified atom stereocenters. The lowest BCUT2D eigenvalue weighted by molar-refractivity contribution is -0.130. The number of amides is 1. The second-order valence-corrected chi connectivity index (χ2v) is 5.55. The highest BCUT2D eigenvalue weighted by molar-refractivity contribution is 5.88. The van der Waals surface area contributed by atoms with E-state index in [0.29, 0.717) is 10.6 Å². The number of aryl methyl sites for hydroxylation is 1. The molecule has 126 valence electrons. The maximum Gasteiger partial charge on any atom is 0.302 e. The summed E-state index contributed by atoms with van der Waals surface area (Å²) in [5.74, 6) is -2.81. The number of likely N-dealkylation sites (N-methyl/N-ethyl adjacent to an activating group) is 1. The van der Waals surface area contributed by atoms with Crippen LogP contribution in [0.15, 0.2) is 12.3 Å². The average molecular weight is 336 g/mol. The number of anilines is 1. The van der Waals surface area contributed by atoms with E-state index in [9.17, 15) is 4.79 Å². The van der Waals surface area contributed by atoms with Crippen molar-refractivity contribution >= 4 is 22.8 Å². The van der Waals surface area contributed by atoms with E-state index in [0.717, 1.165) is 4.90 Å². The molecule has 0 bridgehead atoms. The monoisotopic (exact) mass is 336 g/mol. The number of aromatic amines is 1. The molecular formula is C17H22N6O. The van der Waals surface area contributed by atoms with Crippen molar-refractivity contribution in [3.8, 4) is 0 Å². The highest BCUT2D eigenvalue weighted by Crippen LogP contribution is 2.29. The van der Waals surface area contributed by atoms with Gasteiger partial charge in [0.25, 0.3) is 6.50 Å². The fourth-order valence-electron chi connectivity index (χ4n) is 2.77. The predicted octanol–water partition coefficient (Wildman–Crippen LogP) is 1.86. The number of nitrogens with zero attached hydrogens (tertiary/aromatic N) is 5. The first-order valence-corrected chi connectivity index (χ1v) is 7.30. The normalized spacial score (nSPS) is 28.6. The Bertz CT molecular complexity index is 1150. The van der Waals surface area contributed by atoms with E-state index in [4.69, 9.17) is 20.3 Å². The highest BCUT2D eigenvalue weighted by Gasteiger charge is 2.33. The van der Waals surface area contributed by atoms with Crippen molar-refractivity contribution in [3.63, 3.8) is 0 Å². The van der Waals surface area contributed by atoms with Crippen LogP contribution >= 0.6 is 0 Å². The first kappa shape index (κ1) is 7.97. The smallest absolute Gasteiger partial charge is 0.302 e. The largest absolute Gasteiger partial charge is 0.354 e. The minimum Gasteiger partial charge on any atom is -0.354 e. The third-order valence-electron chi connectivity index (χ3n) is 3.98.